The number of rotatable bonds is 7. The number of carboxylic acids is 1. The summed E-state index contributed by atoms with van der Waals surface area (Å²) in [5.41, 5.74) is 0.718. The fourth-order valence-electron chi connectivity index (χ4n) is 1.88. The molecule has 0 heterocycles. The monoisotopic (exact) mass is 288 g/mol. The van der Waals surface area contributed by atoms with E-state index in [1.54, 1.807) is 6.07 Å². The molecule has 1 N–H and O–H groups in total. The Kier molecular flexibility index (Phi) is 5.76. The molecule has 5 nitrogen and oxygen atoms in total. The average molecular weight is 289 g/mol. The first-order chi connectivity index (χ1) is 9.04. The fraction of sp³-hybridized carbons (Fsp3) is 0.462. The van der Waals surface area contributed by atoms with Crippen LogP contribution in [0.15, 0.2) is 6.07 Å². The molecule has 0 aliphatic heterocycles. The second-order valence-corrected chi connectivity index (χ2v) is 4.26. The maximum atomic E-state index is 10.6. The van der Waals surface area contributed by atoms with Gasteiger partial charge >= 0.3 is 5.97 Å². The van der Waals surface area contributed by atoms with Crippen molar-refractivity contribution in [2.45, 2.75) is 19.3 Å². The van der Waals surface area contributed by atoms with E-state index in [1.165, 1.54) is 21.3 Å². The Morgan fingerprint density at radius 2 is 1.84 bits per heavy atom. The van der Waals surface area contributed by atoms with Crippen LogP contribution in [0.4, 0.5) is 0 Å². The molecular formula is C13H17ClO5. The van der Waals surface area contributed by atoms with E-state index < -0.39 is 5.97 Å². The third-order valence-electron chi connectivity index (χ3n) is 2.69. The molecule has 0 aliphatic rings. The van der Waals surface area contributed by atoms with Gasteiger partial charge in [-0.25, -0.2) is 0 Å². The molecule has 0 spiro atoms. The van der Waals surface area contributed by atoms with Crippen molar-refractivity contribution in [2.24, 2.45) is 0 Å². The van der Waals surface area contributed by atoms with Crippen LogP contribution in [0.1, 0.15) is 18.4 Å². The molecule has 0 unspecified atom stereocenters. The summed E-state index contributed by atoms with van der Waals surface area (Å²) in [6, 6.07) is 1.61. The molecular weight excluding hydrogens is 272 g/mol. The standard InChI is InChI=1S/C13H17ClO5/c1-17-10-7-9(14)12(18-2)8(13(10)19-3)5-4-6-11(15)16/h7H,4-6H2,1-3H3,(H,15,16). The van der Waals surface area contributed by atoms with E-state index in [1.807, 2.05) is 0 Å². The van der Waals surface area contributed by atoms with E-state index in [0.717, 1.165) is 5.56 Å². The summed E-state index contributed by atoms with van der Waals surface area (Å²) in [5, 5.41) is 9.09. The molecule has 0 atom stereocenters. The minimum absolute atomic E-state index is 0.0706. The second kappa shape index (κ2) is 7.09. The Labute approximate surface area is 117 Å². The van der Waals surface area contributed by atoms with Crippen LogP contribution in [-0.2, 0) is 11.2 Å². The number of benzene rings is 1. The van der Waals surface area contributed by atoms with Gasteiger partial charge in [0.05, 0.1) is 26.4 Å². The van der Waals surface area contributed by atoms with Crippen molar-refractivity contribution >= 4 is 17.6 Å². The van der Waals surface area contributed by atoms with E-state index in [4.69, 9.17) is 30.9 Å². The summed E-state index contributed by atoms with van der Waals surface area (Å²) in [4.78, 5) is 10.6. The van der Waals surface area contributed by atoms with E-state index in [0.29, 0.717) is 35.1 Å². The molecule has 106 valence electrons. The first-order valence-corrected chi connectivity index (χ1v) is 6.12. The summed E-state index contributed by atoms with van der Waals surface area (Å²) in [6.07, 6.45) is 1.02. The molecule has 0 saturated carbocycles. The molecule has 0 aromatic heterocycles. The lowest BCUT2D eigenvalue weighted by Gasteiger charge is -2.17. The second-order valence-electron chi connectivity index (χ2n) is 3.85. The van der Waals surface area contributed by atoms with Crippen LogP contribution in [0.3, 0.4) is 0 Å². The van der Waals surface area contributed by atoms with E-state index in [9.17, 15) is 4.79 Å². The third-order valence-corrected chi connectivity index (χ3v) is 2.97. The summed E-state index contributed by atoms with van der Waals surface area (Å²) < 4.78 is 15.8. The van der Waals surface area contributed by atoms with Gasteiger partial charge in [0.25, 0.3) is 0 Å². The Hall–Kier alpha value is -1.62. The quantitative estimate of drug-likeness (QED) is 0.836. The minimum Gasteiger partial charge on any atom is -0.495 e. The first kappa shape index (κ1) is 15.4. The van der Waals surface area contributed by atoms with E-state index in [2.05, 4.69) is 0 Å². The van der Waals surface area contributed by atoms with Crippen molar-refractivity contribution in [3.8, 4) is 17.2 Å². The van der Waals surface area contributed by atoms with Crippen LogP contribution in [-0.4, -0.2) is 32.4 Å². The lowest BCUT2D eigenvalue weighted by atomic mass is 10.0. The smallest absolute Gasteiger partial charge is 0.303 e. The van der Waals surface area contributed by atoms with Gasteiger partial charge in [-0.3, -0.25) is 4.79 Å². The lowest BCUT2D eigenvalue weighted by molar-refractivity contribution is -0.137. The molecule has 1 rings (SSSR count). The fourth-order valence-corrected chi connectivity index (χ4v) is 2.17. The molecule has 19 heavy (non-hydrogen) atoms. The van der Waals surface area contributed by atoms with Crippen LogP contribution < -0.4 is 14.2 Å². The summed E-state index contributed by atoms with van der Waals surface area (Å²) in [6.45, 7) is 0. The van der Waals surface area contributed by atoms with Crippen molar-refractivity contribution in [3.05, 3.63) is 16.7 Å². The zero-order valence-corrected chi connectivity index (χ0v) is 11.9. The normalized spacial score (nSPS) is 10.1. The van der Waals surface area contributed by atoms with Gasteiger partial charge in [0.15, 0.2) is 11.5 Å². The summed E-state index contributed by atoms with van der Waals surface area (Å²) in [5.74, 6) is 0.671. The van der Waals surface area contributed by atoms with Crippen LogP contribution in [0.5, 0.6) is 17.2 Å². The Morgan fingerprint density at radius 1 is 1.21 bits per heavy atom. The highest BCUT2D eigenvalue weighted by molar-refractivity contribution is 6.32. The SMILES string of the molecule is COc1cc(Cl)c(OC)c(CCCC(=O)O)c1OC. The highest BCUT2D eigenvalue weighted by Crippen LogP contribution is 2.43. The topological polar surface area (TPSA) is 65.0 Å². The average Bonchev–Trinajstić information content (AvgIpc) is 2.37. The minimum atomic E-state index is -0.841. The molecule has 1 aromatic carbocycles. The highest BCUT2D eigenvalue weighted by Gasteiger charge is 2.19. The Morgan fingerprint density at radius 3 is 2.32 bits per heavy atom. The van der Waals surface area contributed by atoms with Gasteiger partial charge in [-0.15, -0.1) is 0 Å². The van der Waals surface area contributed by atoms with Crippen LogP contribution in [0.25, 0.3) is 0 Å². The van der Waals surface area contributed by atoms with Gasteiger partial charge < -0.3 is 19.3 Å². The number of aliphatic carboxylic acids is 1. The van der Waals surface area contributed by atoms with Crippen LogP contribution in [0, 0.1) is 0 Å². The number of carboxylic acid groups (broad SMARTS) is 1. The van der Waals surface area contributed by atoms with Crippen molar-refractivity contribution in [1.29, 1.82) is 0 Å². The molecule has 1 aromatic rings. The first-order valence-electron chi connectivity index (χ1n) is 5.74. The lowest BCUT2D eigenvalue weighted by Crippen LogP contribution is -2.02. The largest absolute Gasteiger partial charge is 0.495 e. The van der Waals surface area contributed by atoms with Crippen LogP contribution in [0.2, 0.25) is 5.02 Å². The maximum Gasteiger partial charge on any atom is 0.303 e. The molecule has 0 saturated heterocycles. The predicted octanol–water partition coefficient (Wildman–Crippen LogP) is 2.77. The van der Waals surface area contributed by atoms with Gasteiger partial charge in [0.1, 0.15) is 5.75 Å². The highest BCUT2D eigenvalue weighted by atomic mass is 35.5. The number of hydrogen-bond donors (Lipinski definition) is 1. The van der Waals surface area contributed by atoms with Crippen molar-refractivity contribution in [1.82, 2.24) is 0 Å². The van der Waals surface area contributed by atoms with Crippen LogP contribution >= 0.6 is 11.6 Å². The van der Waals surface area contributed by atoms with Crippen molar-refractivity contribution in [3.63, 3.8) is 0 Å². The molecule has 0 fully saturated rings. The van der Waals surface area contributed by atoms with E-state index >= 15 is 0 Å². The maximum absolute atomic E-state index is 10.6. The summed E-state index contributed by atoms with van der Waals surface area (Å²) >= 11 is 6.11. The van der Waals surface area contributed by atoms with Gasteiger partial charge in [-0.05, 0) is 12.8 Å². The molecule has 0 bridgehead atoms. The van der Waals surface area contributed by atoms with Gasteiger partial charge in [0, 0.05) is 18.1 Å². The van der Waals surface area contributed by atoms with Gasteiger partial charge in [0.2, 0.25) is 0 Å². The van der Waals surface area contributed by atoms with Gasteiger partial charge in [-0.2, -0.15) is 0 Å². The number of carbonyl (C=O) groups is 1. The summed E-state index contributed by atoms with van der Waals surface area (Å²) in [7, 11) is 4.54. The van der Waals surface area contributed by atoms with Crippen molar-refractivity contribution in [2.75, 3.05) is 21.3 Å². The van der Waals surface area contributed by atoms with Gasteiger partial charge in [-0.1, -0.05) is 11.6 Å². The molecule has 6 heteroatoms. The van der Waals surface area contributed by atoms with E-state index in [-0.39, 0.29) is 6.42 Å². The zero-order valence-electron chi connectivity index (χ0n) is 11.2. The van der Waals surface area contributed by atoms with Crippen molar-refractivity contribution < 1.29 is 24.1 Å². The predicted molar refractivity (Wildman–Crippen MR) is 71.7 cm³/mol. The molecule has 0 aliphatic carbocycles. The number of ether oxygens (including phenoxy) is 3. The number of halogens is 1. The molecule has 0 radical (unpaired) electrons. The Balaban J connectivity index is 3.15. The number of hydrogen-bond acceptors (Lipinski definition) is 4. The Bertz CT molecular complexity index is 459. The zero-order chi connectivity index (χ0) is 14.4. The number of methoxy groups -OCH3 is 3. The third kappa shape index (κ3) is 3.67. The molecule has 0 amide bonds.